The molecule has 0 radical (unpaired) electrons. The number of benzene rings is 1. The van der Waals surface area contributed by atoms with Crippen molar-refractivity contribution in [3.63, 3.8) is 0 Å². The minimum Gasteiger partial charge on any atom is -0.255 e. The summed E-state index contributed by atoms with van der Waals surface area (Å²) >= 11 is 0. The van der Waals surface area contributed by atoms with Crippen molar-refractivity contribution in [2.45, 2.75) is 37.3 Å². The van der Waals surface area contributed by atoms with Gasteiger partial charge in [-0.15, -0.1) is 0 Å². The summed E-state index contributed by atoms with van der Waals surface area (Å²) in [6, 6.07) is 3.44. The molecule has 0 saturated heterocycles. The number of hydrogen-bond donors (Lipinski definition) is 0. The highest BCUT2D eigenvalue weighted by Gasteiger charge is 2.32. The van der Waals surface area contributed by atoms with Crippen molar-refractivity contribution >= 4 is 10.8 Å². The minimum absolute atomic E-state index is 0.257. The zero-order valence-electron chi connectivity index (χ0n) is 10.2. The lowest BCUT2D eigenvalue weighted by atomic mass is 9.86. The maximum atomic E-state index is 12.6. The van der Waals surface area contributed by atoms with Crippen molar-refractivity contribution in [2.75, 3.05) is 6.26 Å². The second-order valence-electron chi connectivity index (χ2n) is 4.91. The molecule has 1 rings (SSSR count). The van der Waals surface area contributed by atoms with E-state index in [4.69, 9.17) is 0 Å². The minimum atomic E-state index is -4.40. The normalized spacial score (nSPS) is 14.8. The van der Waals surface area contributed by atoms with Gasteiger partial charge in [-0.2, -0.15) is 13.2 Å². The van der Waals surface area contributed by atoms with Crippen LogP contribution in [0.25, 0.3) is 0 Å². The molecule has 0 aromatic heterocycles. The van der Waals surface area contributed by atoms with Crippen LogP contribution in [-0.4, -0.2) is 10.5 Å². The monoisotopic (exact) mass is 264 g/mol. The summed E-state index contributed by atoms with van der Waals surface area (Å²) in [5.41, 5.74) is -0.396. The molecule has 0 aliphatic heterocycles. The summed E-state index contributed by atoms with van der Waals surface area (Å²) in [4.78, 5) is 0.257. The fourth-order valence-corrected chi connectivity index (χ4v) is 2.53. The van der Waals surface area contributed by atoms with E-state index in [1.807, 2.05) is 20.8 Å². The van der Waals surface area contributed by atoms with E-state index in [2.05, 4.69) is 0 Å². The van der Waals surface area contributed by atoms with E-state index in [1.54, 1.807) is 0 Å². The van der Waals surface area contributed by atoms with Crippen LogP contribution >= 0.6 is 0 Å². The van der Waals surface area contributed by atoms with Gasteiger partial charge in [0.05, 0.1) is 16.4 Å². The fourth-order valence-electron chi connectivity index (χ4n) is 1.56. The molecule has 0 bridgehead atoms. The van der Waals surface area contributed by atoms with Crippen molar-refractivity contribution < 1.29 is 17.4 Å². The van der Waals surface area contributed by atoms with Crippen LogP contribution in [0, 0.1) is 0 Å². The van der Waals surface area contributed by atoms with Gasteiger partial charge in [0.1, 0.15) is 0 Å². The first kappa shape index (κ1) is 14.2. The highest BCUT2D eigenvalue weighted by Crippen LogP contribution is 2.34. The summed E-state index contributed by atoms with van der Waals surface area (Å²) in [7, 11) is -1.43. The number of rotatable bonds is 1. The molecular formula is C12H15F3OS. The van der Waals surface area contributed by atoms with Crippen LogP contribution in [0.4, 0.5) is 13.2 Å². The van der Waals surface area contributed by atoms with Crippen molar-refractivity contribution in [3.05, 3.63) is 29.3 Å². The van der Waals surface area contributed by atoms with Crippen molar-refractivity contribution in [1.82, 2.24) is 0 Å². The van der Waals surface area contributed by atoms with Gasteiger partial charge in [0.15, 0.2) is 0 Å². The molecule has 0 fully saturated rings. The first-order valence-electron chi connectivity index (χ1n) is 5.08. The molecular weight excluding hydrogens is 249 g/mol. The SMILES string of the molecule is CS(=O)c1cc(C(F)(F)F)ccc1C(C)(C)C. The Balaban J connectivity index is 3.43. The molecule has 1 nitrogen and oxygen atoms in total. The topological polar surface area (TPSA) is 17.1 Å². The van der Waals surface area contributed by atoms with Crippen LogP contribution in [-0.2, 0) is 22.4 Å². The summed E-state index contributed by atoms with van der Waals surface area (Å²) < 4.78 is 49.2. The lowest BCUT2D eigenvalue weighted by Gasteiger charge is -2.23. The molecule has 1 unspecified atom stereocenters. The summed E-state index contributed by atoms with van der Waals surface area (Å²) in [6.45, 7) is 5.64. The molecule has 0 amide bonds. The second kappa shape index (κ2) is 4.44. The van der Waals surface area contributed by atoms with Crippen LogP contribution in [0.5, 0.6) is 0 Å². The third-order valence-corrected chi connectivity index (χ3v) is 3.38. The van der Waals surface area contributed by atoms with Gasteiger partial charge in [-0.1, -0.05) is 26.8 Å². The first-order chi connectivity index (χ1) is 7.53. The predicted octanol–water partition coefficient (Wildman–Crippen LogP) is 3.74. The number of alkyl halides is 3. The molecule has 5 heteroatoms. The lowest BCUT2D eigenvalue weighted by Crippen LogP contribution is -2.16. The van der Waals surface area contributed by atoms with E-state index < -0.39 is 22.5 Å². The smallest absolute Gasteiger partial charge is 0.255 e. The Labute approximate surface area is 101 Å². The molecule has 0 spiro atoms. The van der Waals surface area contributed by atoms with E-state index in [-0.39, 0.29) is 10.3 Å². The zero-order chi connectivity index (χ0) is 13.4. The van der Waals surface area contributed by atoms with Crippen LogP contribution in [0.2, 0.25) is 0 Å². The van der Waals surface area contributed by atoms with Crippen molar-refractivity contribution in [2.24, 2.45) is 0 Å². The zero-order valence-corrected chi connectivity index (χ0v) is 11.0. The Kier molecular flexibility index (Phi) is 3.72. The van der Waals surface area contributed by atoms with Gasteiger partial charge in [-0.25, -0.2) is 0 Å². The van der Waals surface area contributed by atoms with E-state index in [1.165, 1.54) is 12.3 Å². The largest absolute Gasteiger partial charge is 0.416 e. The van der Waals surface area contributed by atoms with Crippen molar-refractivity contribution in [1.29, 1.82) is 0 Å². The van der Waals surface area contributed by atoms with Gasteiger partial charge in [0.2, 0.25) is 0 Å². The van der Waals surface area contributed by atoms with E-state index in [9.17, 15) is 17.4 Å². The Hall–Kier alpha value is -0.840. The molecule has 96 valence electrons. The quantitative estimate of drug-likeness (QED) is 0.755. The van der Waals surface area contributed by atoms with E-state index in [0.29, 0.717) is 5.56 Å². The first-order valence-corrected chi connectivity index (χ1v) is 6.64. The molecule has 0 saturated carbocycles. The van der Waals surface area contributed by atoms with Crippen LogP contribution in [0.1, 0.15) is 31.9 Å². The highest BCUT2D eigenvalue weighted by atomic mass is 32.2. The molecule has 1 aromatic rings. The maximum Gasteiger partial charge on any atom is 0.416 e. The third-order valence-electron chi connectivity index (χ3n) is 2.43. The van der Waals surface area contributed by atoms with Crippen LogP contribution in [0.3, 0.4) is 0 Å². The van der Waals surface area contributed by atoms with Crippen molar-refractivity contribution in [3.8, 4) is 0 Å². The summed E-state index contributed by atoms with van der Waals surface area (Å²) in [6.07, 6.45) is -3.00. The van der Waals surface area contributed by atoms with Gasteiger partial charge in [0.25, 0.3) is 0 Å². The average molecular weight is 264 g/mol. The molecule has 0 aliphatic carbocycles. The molecule has 17 heavy (non-hydrogen) atoms. The third kappa shape index (κ3) is 3.31. The van der Waals surface area contributed by atoms with E-state index in [0.717, 1.165) is 12.1 Å². The lowest BCUT2D eigenvalue weighted by molar-refractivity contribution is -0.137. The van der Waals surface area contributed by atoms with Gasteiger partial charge >= 0.3 is 6.18 Å². The van der Waals surface area contributed by atoms with Gasteiger partial charge < -0.3 is 0 Å². The Bertz CT molecular complexity index is 444. The average Bonchev–Trinajstić information content (AvgIpc) is 2.14. The van der Waals surface area contributed by atoms with Gasteiger partial charge in [0, 0.05) is 11.2 Å². The molecule has 1 atom stereocenters. The standard InChI is InChI=1S/C12H15F3OS/c1-11(2,3)9-6-5-8(12(13,14)15)7-10(9)17(4)16/h5-7H,1-4H3. The molecule has 0 heterocycles. The van der Waals surface area contributed by atoms with E-state index >= 15 is 0 Å². The molecule has 0 N–H and O–H groups in total. The van der Waals surface area contributed by atoms with Gasteiger partial charge in [-0.3, -0.25) is 4.21 Å². The molecule has 0 aliphatic rings. The second-order valence-corrected chi connectivity index (χ2v) is 6.26. The number of hydrogen-bond acceptors (Lipinski definition) is 1. The predicted molar refractivity (Wildman–Crippen MR) is 62.5 cm³/mol. The van der Waals surface area contributed by atoms with Gasteiger partial charge in [-0.05, 0) is 23.1 Å². The highest BCUT2D eigenvalue weighted by molar-refractivity contribution is 7.84. The molecule has 1 aromatic carbocycles. The fraction of sp³-hybridized carbons (Fsp3) is 0.500. The summed E-state index contributed by atoms with van der Waals surface area (Å²) in [5, 5.41) is 0. The maximum absolute atomic E-state index is 12.6. The summed E-state index contributed by atoms with van der Waals surface area (Å²) in [5.74, 6) is 0. The Morgan fingerprint density at radius 2 is 1.65 bits per heavy atom. The van der Waals surface area contributed by atoms with Crippen LogP contribution in [0.15, 0.2) is 23.1 Å². The van der Waals surface area contributed by atoms with Crippen LogP contribution < -0.4 is 0 Å². The Morgan fingerprint density at radius 1 is 1.12 bits per heavy atom. The Morgan fingerprint density at radius 3 is 2.00 bits per heavy atom. The number of halogens is 3.